The zero-order chi connectivity index (χ0) is 21.3. The van der Waals surface area contributed by atoms with E-state index in [1.165, 1.54) is 11.3 Å². The molecule has 3 rings (SSSR count). The van der Waals surface area contributed by atoms with Crippen molar-refractivity contribution in [1.82, 2.24) is 21.0 Å². The number of rotatable bonds is 9. The Kier molecular flexibility index (Phi) is 7.56. The van der Waals surface area contributed by atoms with Crippen molar-refractivity contribution >= 4 is 23.2 Å². The van der Waals surface area contributed by atoms with Crippen LogP contribution in [0.25, 0.3) is 10.7 Å². The van der Waals surface area contributed by atoms with Gasteiger partial charge in [-0.15, -0.1) is 11.3 Å². The van der Waals surface area contributed by atoms with Crippen LogP contribution in [0, 0.1) is 5.92 Å². The van der Waals surface area contributed by atoms with Gasteiger partial charge in [-0.1, -0.05) is 25.1 Å². The first kappa shape index (κ1) is 21.5. The number of nitrogens with zero attached hydrogens (tertiary/aromatic N) is 2. The van der Waals surface area contributed by atoms with Crippen molar-refractivity contribution < 1.29 is 18.8 Å². The third-order valence-electron chi connectivity index (χ3n) is 4.17. The summed E-state index contributed by atoms with van der Waals surface area (Å²) >= 11 is 1.51. The molecule has 0 bridgehead atoms. The molecule has 0 fully saturated rings. The summed E-state index contributed by atoms with van der Waals surface area (Å²) in [4.78, 5) is 29.3. The Morgan fingerprint density at radius 3 is 2.67 bits per heavy atom. The van der Waals surface area contributed by atoms with E-state index in [2.05, 4.69) is 34.8 Å². The topological polar surface area (TPSA) is 106 Å². The molecule has 2 N–H and O–H groups in total. The Labute approximate surface area is 178 Å². The molecule has 8 nitrogen and oxygen atoms in total. The number of hydrogen-bond acceptors (Lipinski definition) is 7. The van der Waals surface area contributed by atoms with Crippen LogP contribution in [0.2, 0.25) is 0 Å². The van der Waals surface area contributed by atoms with E-state index in [4.69, 9.17) is 9.26 Å². The van der Waals surface area contributed by atoms with E-state index in [9.17, 15) is 9.59 Å². The van der Waals surface area contributed by atoms with Crippen LogP contribution in [-0.4, -0.2) is 28.6 Å². The molecule has 2 aromatic heterocycles. The summed E-state index contributed by atoms with van der Waals surface area (Å²) in [5, 5.41) is 5.82. The second-order valence-corrected chi connectivity index (χ2v) is 7.99. The molecular formula is C21H24N4O4S. The van der Waals surface area contributed by atoms with Gasteiger partial charge in [0, 0.05) is 18.4 Å². The average Bonchev–Trinajstić information content (AvgIpc) is 3.42. The van der Waals surface area contributed by atoms with Gasteiger partial charge in [0.1, 0.15) is 5.75 Å². The summed E-state index contributed by atoms with van der Waals surface area (Å²) in [5.74, 6) is 1.39. The van der Waals surface area contributed by atoms with E-state index in [1.807, 2.05) is 17.5 Å². The third-order valence-corrected chi connectivity index (χ3v) is 5.04. The number of hydrogen-bond donors (Lipinski definition) is 2. The van der Waals surface area contributed by atoms with Crippen LogP contribution in [-0.2, 0) is 11.2 Å². The van der Waals surface area contributed by atoms with Gasteiger partial charge in [0.2, 0.25) is 17.6 Å². The maximum atomic E-state index is 12.2. The monoisotopic (exact) mass is 428 g/mol. The zero-order valence-corrected chi connectivity index (χ0v) is 17.7. The Morgan fingerprint density at radius 1 is 1.17 bits per heavy atom. The fourth-order valence-corrected chi connectivity index (χ4v) is 3.11. The second-order valence-electron chi connectivity index (χ2n) is 7.05. The van der Waals surface area contributed by atoms with Crippen molar-refractivity contribution in [3.63, 3.8) is 0 Å². The molecule has 0 unspecified atom stereocenters. The lowest BCUT2D eigenvalue weighted by molar-refractivity contribution is -0.121. The molecule has 0 saturated heterocycles. The van der Waals surface area contributed by atoms with Crippen molar-refractivity contribution in [3.05, 3.63) is 53.2 Å². The highest BCUT2D eigenvalue weighted by molar-refractivity contribution is 7.13. The SMILES string of the molecule is CC(C)CCOc1ccc(C(=O)NNC(=O)CCc2nc(-c3cccs3)no2)cc1. The number of carbonyl (C=O) groups is 2. The first-order valence-corrected chi connectivity index (χ1v) is 10.6. The van der Waals surface area contributed by atoms with Gasteiger partial charge in [0.25, 0.3) is 5.91 Å². The number of hydrazine groups is 1. The highest BCUT2D eigenvalue weighted by Gasteiger charge is 2.12. The van der Waals surface area contributed by atoms with Gasteiger partial charge in [-0.05, 0) is 48.1 Å². The standard InChI is InChI=1S/C21H24N4O4S/c1-14(2)11-12-28-16-7-5-15(6-8-16)21(27)24-23-18(26)9-10-19-22-20(25-29-19)17-4-3-13-30-17/h3-8,13-14H,9-12H2,1-2H3,(H,23,26)(H,24,27). The van der Waals surface area contributed by atoms with E-state index >= 15 is 0 Å². The Balaban J connectivity index is 1.39. The number of carbonyl (C=O) groups excluding carboxylic acids is 2. The number of amides is 2. The molecule has 0 saturated carbocycles. The highest BCUT2D eigenvalue weighted by atomic mass is 32.1. The van der Waals surface area contributed by atoms with Crippen molar-refractivity contribution in [2.45, 2.75) is 33.1 Å². The highest BCUT2D eigenvalue weighted by Crippen LogP contribution is 2.21. The van der Waals surface area contributed by atoms with Gasteiger partial charge >= 0.3 is 0 Å². The van der Waals surface area contributed by atoms with Crippen molar-refractivity contribution in [2.24, 2.45) is 5.92 Å². The van der Waals surface area contributed by atoms with Crippen molar-refractivity contribution in [3.8, 4) is 16.5 Å². The molecule has 0 spiro atoms. The first-order chi connectivity index (χ1) is 14.5. The number of aromatic nitrogens is 2. The van der Waals surface area contributed by atoms with Crippen LogP contribution in [0.4, 0.5) is 0 Å². The minimum atomic E-state index is -0.408. The fourth-order valence-electron chi connectivity index (χ4n) is 2.46. The maximum Gasteiger partial charge on any atom is 0.269 e. The summed E-state index contributed by atoms with van der Waals surface area (Å²) in [6.07, 6.45) is 1.35. The molecule has 9 heteroatoms. The van der Waals surface area contributed by atoms with Gasteiger partial charge in [0.15, 0.2) is 0 Å². The van der Waals surface area contributed by atoms with Crippen LogP contribution >= 0.6 is 11.3 Å². The number of thiophene rings is 1. The lowest BCUT2D eigenvalue weighted by Gasteiger charge is -2.09. The minimum Gasteiger partial charge on any atom is -0.494 e. The van der Waals surface area contributed by atoms with Crippen molar-refractivity contribution in [1.29, 1.82) is 0 Å². The van der Waals surface area contributed by atoms with Gasteiger partial charge in [0.05, 0.1) is 11.5 Å². The lowest BCUT2D eigenvalue weighted by atomic mass is 10.1. The Hall–Kier alpha value is -3.20. The van der Waals surface area contributed by atoms with Gasteiger partial charge < -0.3 is 9.26 Å². The van der Waals surface area contributed by atoms with Crippen molar-refractivity contribution in [2.75, 3.05) is 6.61 Å². The quantitative estimate of drug-likeness (QED) is 0.504. The smallest absolute Gasteiger partial charge is 0.269 e. The number of ether oxygens (including phenoxy) is 1. The molecule has 2 amide bonds. The molecule has 0 aliphatic heterocycles. The van der Waals surface area contributed by atoms with Gasteiger partial charge in [-0.2, -0.15) is 4.98 Å². The summed E-state index contributed by atoms with van der Waals surface area (Å²) in [6, 6.07) is 10.6. The fraction of sp³-hybridized carbons (Fsp3) is 0.333. The Morgan fingerprint density at radius 2 is 1.97 bits per heavy atom. The molecule has 2 heterocycles. The van der Waals surface area contributed by atoms with E-state index in [-0.39, 0.29) is 18.7 Å². The Bertz CT molecular complexity index is 952. The zero-order valence-electron chi connectivity index (χ0n) is 16.9. The number of aryl methyl sites for hydroxylation is 1. The minimum absolute atomic E-state index is 0.106. The van der Waals surface area contributed by atoms with E-state index in [1.54, 1.807) is 24.3 Å². The lowest BCUT2D eigenvalue weighted by Crippen LogP contribution is -2.41. The first-order valence-electron chi connectivity index (χ1n) is 9.70. The summed E-state index contributed by atoms with van der Waals surface area (Å²) in [5.41, 5.74) is 5.21. The van der Waals surface area contributed by atoms with Gasteiger partial charge in [-0.3, -0.25) is 20.4 Å². The van der Waals surface area contributed by atoms with E-state index < -0.39 is 5.91 Å². The number of nitrogens with one attached hydrogen (secondary N) is 2. The van der Waals surface area contributed by atoms with Crippen LogP contribution in [0.3, 0.4) is 0 Å². The molecule has 0 atom stereocenters. The molecule has 0 radical (unpaired) electrons. The third kappa shape index (κ3) is 6.41. The van der Waals surface area contributed by atoms with Crippen LogP contribution in [0.15, 0.2) is 46.3 Å². The van der Waals surface area contributed by atoms with E-state index in [0.717, 1.165) is 11.3 Å². The molecule has 0 aliphatic carbocycles. The summed E-state index contributed by atoms with van der Waals surface area (Å²) in [6.45, 7) is 4.90. The molecule has 0 aliphatic rings. The van der Waals surface area contributed by atoms with Crippen LogP contribution in [0.1, 0.15) is 42.9 Å². The van der Waals surface area contributed by atoms with E-state index in [0.29, 0.717) is 35.6 Å². The average molecular weight is 429 g/mol. The molecular weight excluding hydrogens is 404 g/mol. The maximum absolute atomic E-state index is 12.2. The molecule has 30 heavy (non-hydrogen) atoms. The normalized spacial score (nSPS) is 10.8. The largest absolute Gasteiger partial charge is 0.494 e. The summed E-state index contributed by atoms with van der Waals surface area (Å²) < 4.78 is 10.8. The molecule has 158 valence electrons. The number of benzene rings is 1. The van der Waals surface area contributed by atoms with Gasteiger partial charge in [-0.25, -0.2) is 0 Å². The molecule has 1 aromatic carbocycles. The predicted octanol–water partition coefficient (Wildman–Crippen LogP) is 3.62. The van der Waals surface area contributed by atoms with Crippen LogP contribution < -0.4 is 15.6 Å². The summed E-state index contributed by atoms with van der Waals surface area (Å²) in [7, 11) is 0. The predicted molar refractivity (Wildman–Crippen MR) is 113 cm³/mol. The second kappa shape index (κ2) is 10.5. The molecule has 3 aromatic rings. The van der Waals surface area contributed by atoms with Crippen LogP contribution in [0.5, 0.6) is 5.75 Å².